The van der Waals surface area contributed by atoms with Crippen molar-refractivity contribution in [1.29, 1.82) is 0 Å². The Hall–Kier alpha value is -1.66. The molecule has 1 aliphatic heterocycles. The Kier molecular flexibility index (Phi) is 8.32. The first kappa shape index (κ1) is 20.6. The maximum Gasteiger partial charge on any atom is 0.191 e. The van der Waals surface area contributed by atoms with Crippen molar-refractivity contribution in [3.8, 4) is 0 Å². The normalized spacial score (nSPS) is 18.2. The second-order valence-electron chi connectivity index (χ2n) is 7.23. The van der Waals surface area contributed by atoms with E-state index in [9.17, 15) is 4.39 Å². The fourth-order valence-electron chi connectivity index (χ4n) is 2.79. The van der Waals surface area contributed by atoms with Crippen LogP contribution in [0.1, 0.15) is 39.2 Å². The zero-order valence-corrected chi connectivity index (χ0v) is 16.2. The van der Waals surface area contributed by atoms with Gasteiger partial charge in [-0.15, -0.1) is 0 Å². The lowest BCUT2D eigenvalue weighted by Gasteiger charge is -2.24. The third kappa shape index (κ3) is 6.92. The first-order valence-corrected chi connectivity index (χ1v) is 9.49. The molecule has 146 valence electrons. The molecule has 0 spiro atoms. The van der Waals surface area contributed by atoms with Crippen LogP contribution in [-0.4, -0.2) is 51.5 Å². The minimum Gasteiger partial charge on any atom is -0.379 e. The SMILES string of the molecule is CCNC(=NCC(C)(C)c1cccc(F)c1)NCCCOC1CCOC1. The van der Waals surface area contributed by atoms with Crippen LogP contribution in [0, 0.1) is 5.82 Å². The number of rotatable bonds is 9. The summed E-state index contributed by atoms with van der Waals surface area (Å²) in [6, 6.07) is 6.74. The van der Waals surface area contributed by atoms with E-state index in [1.807, 2.05) is 13.0 Å². The van der Waals surface area contributed by atoms with Crippen molar-refractivity contribution in [3.63, 3.8) is 0 Å². The van der Waals surface area contributed by atoms with Crippen molar-refractivity contribution in [2.45, 2.75) is 45.1 Å². The van der Waals surface area contributed by atoms with Crippen molar-refractivity contribution in [2.24, 2.45) is 4.99 Å². The lowest BCUT2D eigenvalue weighted by molar-refractivity contribution is 0.0420. The molecule has 5 nitrogen and oxygen atoms in total. The number of benzene rings is 1. The minimum absolute atomic E-state index is 0.211. The number of aliphatic imine (C=N–C) groups is 1. The lowest BCUT2D eigenvalue weighted by atomic mass is 9.85. The van der Waals surface area contributed by atoms with Crippen LogP contribution < -0.4 is 10.6 Å². The van der Waals surface area contributed by atoms with Gasteiger partial charge in [-0.2, -0.15) is 0 Å². The van der Waals surface area contributed by atoms with Crippen LogP contribution in [0.25, 0.3) is 0 Å². The van der Waals surface area contributed by atoms with Gasteiger partial charge >= 0.3 is 0 Å². The summed E-state index contributed by atoms with van der Waals surface area (Å²) in [6.45, 7) is 10.6. The molecule has 2 N–H and O–H groups in total. The van der Waals surface area contributed by atoms with E-state index in [0.29, 0.717) is 13.2 Å². The highest BCUT2D eigenvalue weighted by atomic mass is 19.1. The van der Waals surface area contributed by atoms with Crippen LogP contribution in [0.4, 0.5) is 4.39 Å². The summed E-state index contributed by atoms with van der Waals surface area (Å²) < 4.78 is 24.6. The molecule has 1 aliphatic rings. The van der Waals surface area contributed by atoms with Gasteiger partial charge < -0.3 is 20.1 Å². The van der Waals surface area contributed by atoms with Crippen LogP contribution in [0.5, 0.6) is 0 Å². The van der Waals surface area contributed by atoms with E-state index in [1.165, 1.54) is 6.07 Å². The second-order valence-corrected chi connectivity index (χ2v) is 7.23. The lowest BCUT2D eigenvalue weighted by Crippen LogP contribution is -2.39. The highest BCUT2D eigenvalue weighted by Gasteiger charge is 2.21. The summed E-state index contributed by atoms with van der Waals surface area (Å²) in [5, 5.41) is 6.59. The Morgan fingerprint density at radius 2 is 2.23 bits per heavy atom. The van der Waals surface area contributed by atoms with E-state index < -0.39 is 0 Å². The van der Waals surface area contributed by atoms with Gasteiger partial charge in [0.25, 0.3) is 0 Å². The predicted molar refractivity (Wildman–Crippen MR) is 103 cm³/mol. The molecule has 1 aromatic carbocycles. The molecule has 0 bridgehead atoms. The third-order valence-electron chi connectivity index (χ3n) is 4.44. The first-order valence-electron chi connectivity index (χ1n) is 9.49. The molecule has 1 fully saturated rings. The molecule has 0 saturated carbocycles. The van der Waals surface area contributed by atoms with Crippen molar-refractivity contribution in [2.75, 3.05) is 39.5 Å². The van der Waals surface area contributed by atoms with Crippen molar-refractivity contribution >= 4 is 5.96 Å². The number of halogens is 1. The predicted octanol–water partition coefficient (Wildman–Crippen LogP) is 2.85. The van der Waals surface area contributed by atoms with E-state index in [0.717, 1.165) is 50.7 Å². The molecule has 1 saturated heterocycles. The maximum absolute atomic E-state index is 13.5. The van der Waals surface area contributed by atoms with E-state index in [2.05, 4.69) is 29.5 Å². The van der Waals surface area contributed by atoms with E-state index in [1.54, 1.807) is 12.1 Å². The van der Waals surface area contributed by atoms with Gasteiger partial charge in [0.1, 0.15) is 5.82 Å². The summed E-state index contributed by atoms with van der Waals surface area (Å²) >= 11 is 0. The molecule has 1 aromatic rings. The van der Waals surface area contributed by atoms with Crippen LogP contribution in [-0.2, 0) is 14.9 Å². The van der Waals surface area contributed by atoms with E-state index in [4.69, 9.17) is 9.47 Å². The smallest absolute Gasteiger partial charge is 0.191 e. The Bertz CT molecular complexity index is 572. The largest absolute Gasteiger partial charge is 0.379 e. The Balaban J connectivity index is 1.79. The minimum atomic E-state index is -0.240. The zero-order chi connectivity index (χ0) is 18.8. The van der Waals surface area contributed by atoms with Gasteiger partial charge in [-0.1, -0.05) is 26.0 Å². The Morgan fingerprint density at radius 1 is 1.38 bits per heavy atom. The monoisotopic (exact) mass is 365 g/mol. The average Bonchev–Trinajstić information content (AvgIpc) is 3.13. The Labute approximate surface area is 156 Å². The van der Waals surface area contributed by atoms with Crippen LogP contribution in [0.3, 0.4) is 0 Å². The number of guanidine groups is 1. The van der Waals surface area contributed by atoms with Gasteiger partial charge in [-0.25, -0.2) is 4.39 Å². The van der Waals surface area contributed by atoms with Gasteiger partial charge in [-0.05, 0) is 37.5 Å². The molecule has 6 heteroatoms. The van der Waals surface area contributed by atoms with E-state index in [-0.39, 0.29) is 17.3 Å². The summed E-state index contributed by atoms with van der Waals surface area (Å²) in [4.78, 5) is 4.68. The van der Waals surface area contributed by atoms with Crippen molar-refractivity contribution in [3.05, 3.63) is 35.6 Å². The molecule has 0 radical (unpaired) electrons. The zero-order valence-electron chi connectivity index (χ0n) is 16.2. The van der Waals surface area contributed by atoms with Gasteiger partial charge in [0.15, 0.2) is 5.96 Å². The second kappa shape index (κ2) is 10.5. The summed E-state index contributed by atoms with van der Waals surface area (Å²) in [5.41, 5.74) is 0.708. The molecule has 1 atom stereocenters. The average molecular weight is 365 g/mol. The highest BCUT2D eigenvalue weighted by Crippen LogP contribution is 2.24. The summed E-state index contributed by atoms with van der Waals surface area (Å²) in [6.07, 6.45) is 2.16. The van der Waals surface area contributed by atoms with Gasteiger partial charge in [0.05, 0.1) is 19.3 Å². The molecular formula is C20H32FN3O2. The number of hydrogen-bond acceptors (Lipinski definition) is 3. The number of nitrogens with zero attached hydrogens (tertiary/aromatic N) is 1. The molecular weight excluding hydrogens is 333 g/mol. The maximum atomic E-state index is 13.5. The molecule has 0 amide bonds. The molecule has 26 heavy (non-hydrogen) atoms. The summed E-state index contributed by atoms with van der Waals surface area (Å²) in [7, 11) is 0. The topological polar surface area (TPSA) is 54.9 Å². The van der Waals surface area contributed by atoms with Crippen molar-refractivity contribution < 1.29 is 13.9 Å². The van der Waals surface area contributed by atoms with Crippen molar-refractivity contribution in [1.82, 2.24) is 10.6 Å². The fourth-order valence-corrected chi connectivity index (χ4v) is 2.79. The van der Waals surface area contributed by atoms with Gasteiger partial charge in [0, 0.05) is 31.7 Å². The summed E-state index contributed by atoms with van der Waals surface area (Å²) in [5.74, 6) is 0.568. The van der Waals surface area contributed by atoms with Crippen LogP contribution in [0.15, 0.2) is 29.3 Å². The van der Waals surface area contributed by atoms with Crippen LogP contribution in [0.2, 0.25) is 0 Å². The molecule has 1 unspecified atom stereocenters. The standard InChI is InChI=1S/C20H32FN3O2/c1-4-22-19(23-10-6-11-26-18-9-12-25-14-18)24-15-20(2,3)16-7-5-8-17(21)13-16/h5,7-8,13,18H,4,6,9-12,14-15H2,1-3H3,(H2,22,23,24). The quantitative estimate of drug-likeness (QED) is 0.401. The number of nitrogens with one attached hydrogen (secondary N) is 2. The van der Waals surface area contributed by atoms with Gasteiger partial charge in [0.2, 0.25) is 0 Å². The first-order chi connectivity index (χ1) is 12.5. The highest BCUT2D eigenvalue weighted by molar-refractivity contribution is 5.79. The van der Waals surface area contributed by atoms with Crippen LogP contribution >= 0.6 is 0 Å². The number of ether oxygens (including phenoxy) is 2. The number of hydrogen-bond donors (Lipinski definition) is 2. The molecule has 0 aliphatic carbocycles. The molecule has 0 aromatic heterocycles. The van der Waals surface area contributed by atoms with Gasteiger partial charge in [-0.3, -0.25) is 4.99 Å². The Morgan fingerprint density at radius 3 is 2.92 bits per heavy atom. The molecule has 1 heterocycles. The third-order valence-corrected chi connectivity index (χ3v) is 4.44. The molecule has 2 rings (SSSR count). The van der Waals surface area contributed by atoms with E-state index >= 15 is 0 Å². The fraction of sp³-hybridized carbons (Fsp3) is 0.650.